The molecule has 0 saturated heterocycles. The molecule has 0 bridgehead atoms. The van der Waals surface area contributed by atoms with E-state index in [-0.39, 0.29) is 5.56 Å². The average molecular weight is 418 g/mol. The molecular formula is C25H31N5O. The van der Waals surface area contributed by atoms with E-state index in [4.69, 9.17) is 4.98 Å². The maximum Gasteiger partial charge on any atom is 0.257 e. The Labute approximate surface area is 183 Å². The van der Waals surface area contributed by atoms with Gasteiger partial charge in [0.25, 0.3) is 5.56 Å². The molecule has 2 N–H and O–H groups in total. The number of rotatable bonds is 8. The Bertz CT molecular complexity index is 1040. The van der Waals surface area contributed by atoms with Gasteiger partial charge >= 0.3 is 0 Å². The minimum atomic E-state index is -0.0524. The lowest BCUT2D eigenvalue weighted by Crippen LogP contribution is -2.35. The summed E-state index contributed by atoms with van der Waals surface area (Å²) >= 11 is 0. The highest BCUT2D eigenvalue weighted by atomic mass is 16.1. The molecule has 6 heteroatoms. The molecule has 31 heavy (non-hydrogen) atoms. The van der Waals surface area contributed by atoms with E-state index in [1.165, 1.54) is 11.1 Å². The monoisotopic (exact) mass is 417 g/mol. The molecule has 0 spiro atoms. The maximum atomic E-state index is 12.7. The van der Waals surface area contributed by atoms with E-state index in [9.17, 15) is 4.79 Å². The number of aromatic amines is 1. The second-order valence-electron chi connectivity index (χ2n) is 8.07. The molecule has 0 saturated carbocycles. The number of nitrogens with zero attached hydrogens (tertiary/aromatic N) is 3. The standard InChI is InChI=1S/C25H31N5O/c1-3-29(4-2)16-20-10-12-21(13-11-20)26-25-27-23-14-15-30(18-22(23)24(31)28-25)17-19-8-6-5-7-9-19/h5-13H,3-4,14-18H2,1-2H3,(H2,26,27,28,31). The summed E-state index contributed by atoms with van der Waals surface area (Å²) in [6.07, 6.45) is 0.781. The number of aromatic nitrogens is 2. The van der Waals surface area contributed by atoms with Crippen LogP contribution < -0.4 is 10.9 Å². The van der Waals surface area contributed by atoms with Crippen LogP contribution in [0.15, 0.2) is 59.4 Å². The molecule has 0 unspecified atom stereocenters. The Balaban J connectivity index is 1.42. The minimum Gasteiger partial charge on any atom is -0.326 e. The normalized spacial score (nSPS) is 13.9. The zero-order chi connectivity index (χ0) is 21.6. The predicted molar refractivity (Wildman–Crippen MR) is 125 cm³/mol. The van der Waals surface area contributed by atoms with Crippen molar-refractivity contribution in [2.45, 2.75) is 39.9 Å². The van der Waals surface area contributed by atoms with Crippen LogP contribution in [0.3, 0.4) is 0 Å². The van der Waals surface area contributed by atoms with Gasteiger partial charge in [0.1, 0.15) is 0 Å². The Morgan fingerprint density at radius 1 is 1.03 bits per heavy atom. The van der Waals surface area contributed by atoms with Gasteiger partial charge in [-0.25, -0.2) is 4.98 Å². The maximum absolute atomic E-state index is 12.7. The Morgan fingerprint density at radius 3 is 2.48 bits per heavy atom. The fourth-order valence-electron chi connectivity index (χ4n) is 4.05. The summed E-state index contributed by atoms with van der Waals surface area (Å²) in [6, 6.07) is 18.7. The molecule has 0 aliphatic carbocycles. The van der Waals surface area contributed by atoms with Crippen LogP contribution in [0.2, 0.25) is 0 Å². The van der Waals surface area contributed by atoms with Crippen molar-refractivity contribution in [3.05, 3.63) is 87.3 Å². The van der Waals surface area contributed by atoms with Gasteiger partial charge in [0, 0.05) is 38.3 Å². The summed E-state index contributed by atoms with van der Waals surface area (Å²) in [4.78, 5) is 25.1. The Hall–Kier alpha value is -2.96. The minimum absolute atomic E-state index is 0.0524. The third-order valence-corrected chi connectivity index (χ3v) is 5.91. The average Bonchev–Trinajstić information content (AvgIpc) is 2.80. The van der Waals surface area contributed by atoms with E-state index >= 15 is 0 Å². The van der Waals surface area contributed by atoms with Gasteiger partial charge in [-0.05, 0) is 36.3 Å². The van der Waals surface area contributed by atoms with Gasteiger partial charge < -0.3 is 5.32 Å². The first-order chi connectivity index (χ1) is 15.1. The van der Waals surface area contributed by atoms with Crippen LogP contribution in [0.1, 0.15) is 36.2 Å². The molecule has 2 aromatic carbocycles. The van der Waals surface area contributed by atoms with Crippen molar-refractivity contribution in [1.82, 2.24) is 19.8 Å². The predicted octanol–water partition coefficient (Wildman–Crippen LogP) is 3.91. The van der Waals surface area contributed by atoms with Gasteiger partial charge in [0.15, 0.2) is 0 Å². The first-order valence-corrected chi connectivity index (χ1v) is 11.1. The van der Waals surface area contributed by atoms with Crippen LogP contribution in [0.4, 0.5) is 11.6 Å². The molecule has 1 aliphatic rings. The van der Waals surface area contributed by atoms with Gasteiger partial charge in [-0.1, -0.05) is 56.3 Å². The summed E-state index contributed by atoms with van der Waals surface area (Å²) in [5, 5.41) is 3.26. The van der Waals surface area contributed by atoms with E-state index in [0.29, 0.717) is 12.5 Å². The number of fused-ring (bicyclic) bond motifs is 1. The Kier molecular flexibility index (Phi) is 6.79. The van der Waals surface area contributed by atoms with Gasteiger partial charge in [-0.15, -0.1) is 0 Å². The van der Waals surface area contributed by atoms with Gasteiger partial charge in [0.2, 0.25) is 5.95 Å². The number of anilines is 2. The fourth-order valence-corrected chi connectivity index (χ4v) is 4.05. The van der Waals surface area contributed by atoms with Crippen molar-refractivity contribution in [3.63, 3.8) is 0 Å². The first kappa shape index (κ1) is 21.3. The lowest BCUT2D eigenvalue weighted by Gasteiger charge is -2.27. The van der Waals surface area contributed by atoms with Crippen molar-refractivity contribution < 1.29 is 0 Å². The summed E-state index contributed by atoms with van der Waals surface area (Å²) in [6.45, 7) is 9.76. The van der Waals surface area contributed by atoms with Crippen LogP contribution in [-0.2, 0) is 26.1 Å². The largest absolute Gasteiger partial charge is 0.326 e. The Morgan fingerprint density at radius 2 is 1.77 bits per heavy atom. The third-order valence-electron chi connectivity index (χ3n) is 5.91. The zero-order valence-electron chi connectivity index (χ0n) is 18.4. The number of H-pyrrole nitrogens is 1. The van der Waals surface area contributed by atoms with Crippen LogP contribution in [0.5, 0.6) is 0 Å². The lowest BCUT2D eigenvalue weighted by molar-refractivity contribution is 0.242. The summed E-state index contributed by atoms with van der Waals surface area (Å²) < 4.78 is 0. The number of benzene rings is 2. The topological polar surface area (TPSA) is 64.3 Å². The van der Waals surface area contributed by atoms with Crippen LogP contribution in [0.25, 0.3) is 0 Å². The van der Waals surface area contributed by atoms with E-state index in [0.717, 1.165) is 56.1 Å². The van der Waals surface area contributed by atoms with E-state index in [1.54, 1.807) is 0 Å². The number of nitrogens with one attached hydrogen (secondary N) is 2. The molecule has 0 radical (unpaired) electrons. The molecule has 0 fully saturated rings. The second kappa shape index (κ2) is 9.90. The van der Waals surface area contributed by atoms with Gasteiger partial charge in [-0.3, -0.25) is 19.6 Å². The highest BCUT2D eigenvalue weighted by molar-refractivity contribution is 5.54. The molecular weight excluding hydrogens is 386 g/mol. The molecule has 0 atom stereocenters. The SMILES string of the molecule is CCN(CC)Cc1ccc(Nc2nc3c(c(=O)[nH]2)CN(Cc2ccccc2)CC3)cc1. The van der Waals surface area contributed by atoms with Crippen LogP contribution in [0, 0.1) is 0 Å². The first-order valence-electron chi connectivity index (χ1n) is 11.1. The zero-order valence-corrected chi connectivity index (χ0v) is 18.4. The van der Waals surface area contributed by atoms with Gasteiger partial charge in [-0.2, -0.15) is 0 Å². The smallest absolute Gasteiger partial charge is 0.257 e. The van der Waals surface area contributed by atoms with Crippen LogP contribution >= 0.6 is 0 Å². The summed E-state index contributed by atoms with van der Waals surface area (Å²) in [7, 11) is 0. The highest BCUT2D eigenvalue weighted by Gasteiger charge is 2.21. The highest BCUT2D eigenvalue weighted by Crippen LogP contribution is 2.19. The van der Waals surface area contributed by atoms with Crippen molar-refractivity contribution >= 4 is 11.6 Å². The van der Waals surface area contributed by atoms with Crippen molar-refractivity contribution in [2.24, 2.45) is 0 Å². The molecule has 6 nitrogen and oxygen atoms in total. The molecule has 1 aromatic heterocycles. The number of hydrogen-bond acceptors (Lipinski definition) is 5. The van der Waals surface area contributed by atoms with Crippen molar-refractivity contribution in [2.75, 3.05) is 25.0 Å². The van der Waals surface area contributed by atoms with Crippen molar-refractivity contribution in [3.8, 4) is 0 Å². The summed E-state index contributed by atoms with van der Waals surface area (Å²) in [5.74, 6) is 0.511. The van der Waals surface area contributed by atoms with E-state index in [1.807, 2.05) is 18.2 Å². The lowest BCUT2D eigenvalue weighted by atomic mass is 10.1. The second-order valence-corrected chi connectivity index (χ2v) is 8.07. The van der Waals surface area contributed by atoms with Crippen LogP contribution in [-0.4, -0.2) is 39.4 Å². The molecule has 162 valence electrons. The quantitative estimate of drug-likeness (QED) is 0.582. The molecule has 4 rings (SSSR count). The third kappa shape index (κ3) is 5.40. The number of hydrogen-bond donors (Lipinski definition) is 2. The van der Waals surface area contributed by atoms with E-state index < -0.39 is 0 Å². The molecule has 0 amide bonds. The fraction of sp³-hybridized carbons (Fsp3) is 0.360. The van der Waals surface area contributed by atoms with E-state index in [2.05, 4.69) is 70.3 Å². The van der Waals surface area contributed by atoms with Gasteiger partial charge in [0.05, 0.1) is 11.3 Å². The van der Waals surface area contributed by atoms with Crippen molar-refractivity contribution in [1.29, 1.82) is 0 Å². The summed E-state index contributed by atoms with van der Waals surface area (Å²) in [5.41, 5.74) is 5.09. The molecule has 2 heterocycles. The molecule has 3 aromatic rings. The molecule has 1 aliphatic heterocycles.